The van der Waals surface area contributed by atoms with Gasteiger partial charge in [-0.2, -0.15) is 4.98 Å². The maximum atomic E-state index is 13.9. The van der Waals surface area contributed by atoms with Gasteiger partial charge in [-0.3, -0.25) is 14.4 Å². The van der Waals surface area contributed by atoms with Crippen molar-refractivity contribution >= 4 is 23.9 Å². The van der Waals surface area contributed by atoms with Crippen LogP contribution in [-0.2, 0) is 19.1 Å². The second-order valence-electron chi connectivity index (χ2n) is 12.5. The van der Waals surface area contributed by atoms with Crippen LogP contribution in [0.5, 0.6) is 5.88 Å². The molecule has 0 radical (unpaired) electrons. The summed E-state index contributed by atoms with van der Waals surface area (Å²) in [4.78, 5) is 64.9. The lowest BCUT2D eigenvalue weighted by atomic mass is 10.1. The maximum absolute atomic E-state index is 13.9. The number of rotatable bonds is 10. The highest BCUT2D eigenvalue weighted by molar-refractivity contribution is 5.97. The Morgan fingerprint density at radius 2 is 1.76 bits per heavy atom. The molecule has 2 fully saturated rings. The second kappa shape index (κ2) is 15.2. The molecule has 3 amide bonds. The second-order valence-corrected chi connectivity index (χ2v) is 12.5. The zero-order valence-electron chi connectivity index (χ0n) is 26.9. The van der Waals surface area contributed by atoms with Crippen molar-refractivity contribution in [3.63, 3.8) is 0 Å². The Balaban J connectivity index is 1.56. The molecule has 1 saturated carbocycles. The van der Waals surface area contributed by atoms with E-state index in [-0.39, 0.29) is 62.8 Å². The number of ether oxygens (including phenoxy) is 3. The monoisotopic (exact) mass is 623 g/mol. The third kappa shape index (κ3) is 9.63. The molecule has 1 unspecified atom stereocenters. The van der Waals surface area contributed by atoms with Crippen molar-refractivity contribution in [3.05, 3.63) is 42.1 Å². The molecule has 2 heterocycles. The van der Waals surface area contributed by atoms with E-state index in [9.17, 15) is 19.2 Å². The Morgan fingerprint density at radius 3 is 2.40 bits per heavy atom. The van der Waals surface area contributed by atoms with Gasteiger partial charge in [-0.05, 0) is 66.7 Å². The highest BCUT2D eigenvalue weighted by atomic mass is 16.6. The van der Waals surface area contributed by atoms with Crippen molar-refractivity contribution in [1.29, 1.82) is 0 Å². The molecule has 0 bridgehead atoms. The van der Waals surface area contributed by atoms with Crippen LogP contribution in [0.2, 0.25) is 0 Å². The van der Waals surface area contributed by atoms with Gasteiger partial charge >= 0.3 is 12.1 Å². The van der Waals surface area contributed by atoms with Gasteiger partial charge in [-0.1, -0.05) is 30.3 Å². The van der Waals surface area contributed by atoms with Gasteiger partial charge in [0, 0.05) is 43.7 Å². The minimum Gasteiger partial charge on any atom is -0.474 e. The molecule has 1 aliphatic heterocycles. The lowest BCUT2D eigenvalue weighted by Crippen LogP contribution is -2.59. The summed E-state index contributed by atoms with van der Waals surface area (Å²) in [6, 6.07) is 9.45. The zero-order chi connectivity index (χ0) is 32.6. The van der Waals surface area contributed by atoms with Gasteiger partial charge in [0.2, 0.25) is 11.8 Å². The van der Waals surface area contributed by atoms with Crippen LogP contribution in [0, 0.1) is 0 Å². The SMILES string of the molecule is CCOC(=O)N1CCN(C(=O)[C@H](CCC(=O)OC(C)(C)C)NC(=O)c2cc(OC3CCCC3)nc(-c3ccccc3)n2)CC1C. The third-order valence-electron chi connectivity index (χ3n) is 7.66. The van der Waals surface area contributed by atoms with Crippen molar-refractivity contribution in [2.75, 3.05) is 26.2 Å². The molecule has 12 heteroatoms. The molecule has 0 spiro atoms. The largest absolute Gasteiger partial charge is 0.474 e. The Hall–Kier alpha value is -4.22. The van der Waals surface area contributed by atoms with Crippen molar-refractivity contribution in [2.24, 2.45) is 0 Å². The maximum Gasteiger partial charge on any atom is 0.410 e. The van der Waals surface area contributed by atoms with Crippen LogP contribution in [0.1, 0.15) is 83.6 Å². The van der Waals surface area contributed by atoms with Crippen molar-refractivity contribution in [1.82, 2.24) is 25.1 Å². The minimum absolute atomic E-state index is 0.0119. The molecule has 2 aromatic rings. The van der Waals surface area contributed by atoms with E-state index in [0.717, 1.165) is 31.2 Å². The number of piperazine rings is 1. The number of amides is 3. The van der Waals surface area contributed by atoms with E-state index >= 15 is 0 Å². The van der Waals surface area contributed by atoms with Crippen molar-refractivity contribution < 1.29 is 33.4 Å². The number of hydrogen-bond donors (Lipinski definition) is 1. The number of carbonyl (C=O) groups is 4. The average molecular weight is 624 g/mol. The molecule has 1 aromatic heterocycles. The standard InChI is InChI=1S/C33H45N5O7/c1-6-43-32(42)38-19-18-37(21-22(38)2)31(41)25(16-17-28(39)45-33(3,4)5)35-30(40)26-20-27(44-24-14-10-11-15-24)36-29(34-26)23-12-8-7-9-13-23/h7-9,12-13,20,22,24-25H,6,10-11,14-19,21H2,1-5H3,(H,35,40)/t22?,25-/m0/s1. The first kappa shape index (κ1) is 33.7. The highest BCUT2D eigenvalue weighted by Gasteiger charge is 2.35. The average Bonchev–Trinajstić information content (AvgIpc) is 3.51. The Labute approximate surface area is 264 Å². The summed E-state index contributed by atoms with van der Waals surface area (Å²) in [5.41, 5.74) is 0.0743. The lowest BCUT2D eigenvalue weighted by molar-refractivity contribution is -0.155. The van der Waals surface area contributed by atoms with Gasteiger partial charge in [0.15, 0.2) is 5.82 Å². The lowest BCUT2D eigenvalue weighted by Gasteiger charge is -2.40. The molecular formula is C33H45N5O7. The van der Waals surface area contributed by atoms with Crippen LogP contribution in [0.25, 0.3) is 11.4 Å². The molecule has 4 rings (SSSR count). The fourth-order valence-electron chi connectivity index (χ4n) is 5.50. The van der Waals surface area contributed by atoms with E-state index < -0.39 is 29.6 Å². The number of nitrogens with zero attached hydrogens (tertiary/aromatic N) is 4. The van der Waals surface area contributed by atoms with E-state index in [2.05, 4.69) is 15.3 Å². The third-order valence-corrected chi connectivity index (χ3v) is 7.66. The number of carbonyl (C=O) groups excluding carboxylic acids is 4. The summed E-state index contributed by atoms with van der Waals surface area (Å²) in [6.45, 7) is 9.93. The van der Waals surface area contributed by atoms with E-state index in [4.69, 9.17) is 14.2 Å². The van der Waals surface area contributed by atoms with Gasteiger partial charge in [0.25, 0.3) is 5.91 Å². The minimum atomic E-state index is -1.04. The number of benzene rings is 1. The predicted molar refractivity (Wildman–Crippen MR) is 166 cm³/mol. The summed E-state index contributed by atoms with van der Waals surface area (Å²) in [6.07, 6.45) is 3.49. The van der Waals surface area contributed by atoms with Crippen LogP contribution >= 0.6 is 0 Å². The summed E-state index contributed by atoms with van der Waals surface area (Å²) >= 11 is 0. The normalized spacial score (nSPS) is 17.8. The molecular weight excluding hydrogens is 578 g/mol. The smallest absolute Gasteiger partial charge is 0.410 e. The first-order chi connectivity index (χ1) is 21.4. The van der Waals surface area contributed by atoms with E-state index in [1.54, 1.807) is 37.5 Å². The number of hydrogen-bond acceptors (Lipinski definition) is 9. The van der Waals surface area contributed by atoms with E-state index in [1.807, 2.05) is 37.3 Å². The number of nitrogens with one attached hydrogen (secondary N) is 1. The van der Waals surface area contributed by atoms with Crippen LogP contribution in [-0.4, -0.2) is 93.7 Å². The number of esters is 1. The van der Waals surface area contributed by atoms with E-state index in [0.29, 0.717) is 11.7 Å². The van der Waals surface area contributed by atoms with Crippen LogP contribution in [0.3, 0.4) is 0 Å². The van der Waals surface area contributed by atoms with Crippen LogP contribution in [0.4, 0.5) is 4.79 Å². The molecule has 2 atom stereocenters. The highest BCUT2D eigenvalue weighted by Crippen LogP contribution is 2.26. The van der Waals surface area contributed by atoms with Crippen LogP contribution < -0.4 is 10.1 Å². The summed E-state index contributed by atoms with van der Waals surface area (Å²) < 4.78 is 16.8. The zero-order valence-corrected chi connectivity index (χ0v) is 26.9. The molecule has 1 saturated heterocycles. The molecule has 45 heavy (non-hydrogen) atoms. The van der Waals surface area contributed by atoms with Crippen LogP contribution in [0.15, 0.2) is 36.4 Å². The topological polar surface area (TPSA) is 140 Å². The first-order valence-corrected chi connectivity index (χ1v) is 15.8. The van der Waals surface area contributed by atoms with Gasteiger partial charge in [-0.25, -0.2) is 9.78 Å². The van der Waals surface area contributed by atoms with Crippen molar-refractivity contribution in [3.8, 4) is 17.3 Å². The van der Waals surface area contributed by atoms with Gasteiger partial charge in [0.05, 0.1) is 6.61 Å². The molecule has 1 aromatic carbocycles. The summed E-state index contributed by atoms with van der Waals surface area (Å²) in [7, 11) is 0. The molecule has 1 aliphatic carbocycles. The molecule has 1 N–H and O–H groups in total. The predicted octanol–water partition coefficient (Wildman–Crippen LogP) is 4.37. The van der Waals surface area contributed by atoms with Crippen molar-refractivity contribution in [2.45, 2.75) is 96.9 Å². The number of aromatic nitrogens is 2. The molecule has 244 valence electrons. The van der Waals surface area contributed by atoms with Gasteiger partial charge < -0.3 is 29.3 Å². The molecule has 2 aliphatic rings. The fraction of sp³-hybridized carbons (Fsp3) is 0.576. The quantitative estimate of drug-likeness (QED) is 0.382. The van der Waals surface area contributed by atoms with E-state index in [1.165, 1.54) is 6.07 Å². The first-order valence-electron chi connectivity index (χ1n) is 15.8. The molecule has 12 nitrogen and oxygen atoms in total. The summed E-state index contributed by atoms with van der Waals surface area (Å²) in [5.74, 6) is -0.803. The fourth-order valence-corrected chi connectivity index (χ4v) is 5.50. The Bertz CT molecular complexity index is 1340. The van der Waals surface area contributed by atoms with Gasteiger partial charge in [-0.15, -0.1) is 0 Å². The Morgan fingerprint density at radius 1 is 1.04 bits per heavy atom. The summed E-state index contributed by atoms with van der Waals surface area (Å²) in [5, 5.41) is 2.83. The van der Waals surface area contributed by atoms with Gasteiger partial charge in [0.1, 0.15) is 23.4 Å². The Kier molecular flexibility index (Phi) is 11.4.